The number of carbonyl (C=O) groups excluding carboxylic acids is 1. The molecule has 2 N–H and O–H groups in total. The molecule has 1 aliphatic heterocycles. The first-order valence-electron chi connectivity index (χ1n) is 6.84. The van der Waals surface area contributed by atoms with E-state index in [9.17, 15) is 9.18 Å². The highest BCUT2D eigenvalue weighted by atomic mass is 35.5. The highest BCUT2D eigenvalue weighted by Gasteiger charge is 2.28. The Hall–Kier alpha value is -1.13. The minimum absolute atomic E-state index is 0. The number of likely N-dealkylation sites (tertiary alicyclic amines) is 1. The maximum absolute atomic E-state index is 13.6. The summed E-state index contributed by atoms with van der Waals surface area (Å²) in [5, 5.41) is 0. The molecule has 1 heterocycles. The number of hydrogen-bond acceptors (Lipinski definition) is 2. The van der Waals surface area contributed by atoms with Gasteiger partial charge in [-0.15, -0.1) is 12.4 Å². The fourth-order valence-corrected chi connectivity index (χ4v) is 2.62. The van der Waals surface area contributed by atoms with E-state index in [1.165, 1.54) is 6.07 Å². The van der Waals surface area contributed by atoms with Gasteiger partial charge in [0.1, 0.15) is 5.82 Å². The van der Waals surface area contributed by atoms with Crippen molar-refractivity contribution in [1.82, 2.24) is 4.90 Å². The quantitative estimate of drug-likeness (QED) is 0.927. The van der Waals surface area contributed by atoms with Crippen LogP contribution in [0.1, 0.15) is 18.9 Å². The molecule has 0 aromatic heterocycles. The van der Waals surface area contributed by atoms with Gasteiger partial charge in [0.15, 0.2) is 0 Å². The van der Waals surface area contributed by atoms with Crippen LogP contribution in [0.25, 0.3) is 0 Å². The van der Waals surface area contributed by atoms with Crippen LogP contribution in [0.5, 0.6) is 0 Å². The lowest BCUT2D eigenvalue weighted by atomic mass is 9.99. The van der Waals surface area contributed by atoms with Crippen LogP contribution in [0.15, 0.2) is 24.3 Å². The van der Waals surface area contributed by atoms with Crippen molar-refractivity contribution in [1.29, 1.82) is 0 Å². The number of benzene rings is 1. The van der Waals surface area contributed by atoms with Gasteiger partial charge in [-0.1, -0.05) is 25.1 Å². The Morgan fingerprint density at radius 1 is 1.50 bits per heavy atom. The molecule has 1 amide bonds. The van der Waals surface area contributed by atoms with Gasteiger partial charge in [0, 0.05) is 19.0 Å². The standard InChI is InChI=1S/C15H21FN2O.ClH/c1-11(8-13-4-2-3-5-14(13)16)15(19)18-7-6-12(9-17)10-18;/h2-5,11-12H,6-10,17H2,1H3;1H. The molecule has 2 rings (SSSR count). The third-order valence-electron chi connectivity index (χ3n) is 3.84. The Kier molecular flexibility index (Phi) is 6.43. The lowest BCUT2D eigenvalue weighted by Gasteiger charge is -2.21. The summed E-state index contributed by atoms with van der Waals surface area (Å²) in [4.78, 5) is 14.1. The molecule has 2 atom stereocenters. The monoisotopic (exact) mass is 300 g/mol. The first kappa shape index (κ1) is 16.9. The molecule has 1 saturated heterocycles. The van der Waals surface area contributed by atoms with Crippen LogP contribution >= 0.6 is 12.4 Å². The SMILES string of the molecule is CC(Cc1ccccc1F)C(=O)N1CCC(CN)C1.Cl. The van der Waals surface area contributed by atoms with E-state index >= 15 is 0 Å². The smallest absolute Gasteiger partial charge is 0.225 e. The molecule has 1 aromatic carbocycles. The van der Waals surface area contributed by atoms with E-state index in [4.69, 9.17) is 5.73 Å². The molecule has 112 valence electrons. The molecule has 5 heteroatoms. The van der Waals surface area contributed by atoms with E-state index in [-0.39, 0.29) is 30.0 Å². The number of hydrogen-bond donors (Lipinski definition) is 1. The molecule has 0 radical (unpaired) electrons. The third-order valence-corrected chi connectivity index (χ3v) is 3.84. The molecule has 20 heavy (non-hydrogen) atoms. The Labute approximate surface area is 125 Å². The van der Waals surface area contributed by atoms with Gasteiger partial charge in [-0.25, -0.2) is 4.39 Å². The largest absolute Gasteiger partial charge is 0.342 e. The van der Waals surface area contributed by atoms with Crippen molar-refractivity contribution < 1.29 is 9.18 Å². The Balaban J connectivity index is 0.00000200. The van der Waals surface area contributed by atoms with Crippen molar-refractivity contribution in [2.45, 2.75) is 19.8 Å². The van der Waals surface area contributed by atoms with Crippen molar-refractivity contribution >= 4 is 18.3 Å². The van der Waals surface area contributed by atoms with E-state index in [1.54, 1.807) is 18.2 Å². The molecule has 1 aromatic rings. The molecule has 0 aliphatic carbocycles. The van der Waals surface area contributed by atoms with Crippen LogP contribution in [0.3, 0.4) is 0 Å². The second kappa shape index (κ2) is 7.60. The first-order valence-corrected chi connectivity index (χ1v) is 6.84. The molecule has 0 saturated carbocycles. The molecule has 1 aliphatic rings. The summed E-state index contributed by atoms with van der Waals surface area (Å²) in [5.41, 5.74) is 6.24. The first-order chi connectivity index (χ1) is 9.11. The summed E-state index contributed by atoms with van der Waals surface area (Å²) >= 11 is 0. The second-order valence-electron chi connectivity index (χ2n) is 5.37. The fraction of sp³-hybridized carbons (Fsp3) is 0.533. The van der Waals surface area contributed by atoms with Crippen LogP contribution in [-0.4, -0.2) is 30.4 Å². The summed E-state index contributed by atoms with van der Waals surface area (Å²) < 4.78 is 13.6. The molecule has 3 nitrogen and oxygen atoms in total. The number of nitrogens with zero attached hydrogens (tertiary/aromatic N) is 1. The zero-order chi connectivity index (χ0) is 13.8. The lowest BCUT2D eigenvalue weighted by molar-refractivity contribution is -0.134. The van der Waals surface area contributed by atoms with Gasteiger partial charge >= 0.3 is 0 Å². The lowest BCUT2D eigenvalue weighted by Crippen LogP contribution is -2.34. The number of amides is 1. The van der Waals surface area contributed by atoms with Crippen LogP contribution < -0.4 is 5.73 Å². The Bertz CT molecular complexity index is 455. The molecule has 0 spiro atoms. The second-order valence-corrected chi connectivity index (χ2v) is 5.37. The van der Waals surface area contributed by atoms with Crippen molar-refractivity contribution in [3.63, 3.8) is 0 Å². The third kappa shape index (κ3) is 3.93. The van der Waals surface area contributed by atoms with Gasteiger partial charge < -0.3 is 10.6 Å². The van der Waals surface area contributed by atoms with Gasteiger partial charge in [0.25, 0.3) is 0 Å². The van der Waals surface area contributed by atoms with Crippen molar-refractivity contribution in [2.24, 2.45) is 17.6 Å². The predicted octanol–water partition coefficient (Wildman–Crippen LogP) is 2.23. The van der Waals surface area contributed by atoms with E-state index in [0.717, 1.165) is 19.5 Å². The van der Waals surface area contributed by atoms with Gasteiger partial charge in [-0.3, -0.25) is 4.79 Å². The van der Waals surface area contributed by atoms with E-state index < -0.39 is 0 Å². The van der Waals surface area contributed by atoms with Crippen molar-refractivity contribution in [3.05, 3.63) is 35.6 Å². The van der Waals surface area contributed by atoms with Crippen molar-refractivity contribution in [3.8, 4) is 0 Å². The van der Waals surface area contributed by atoms with Crippen LogP contribution in [0.2, 0.25) is 0 Å². The van der Waals surface area contributed by atoms with Gasteiger partial charge in [0.05, 0.1) is 0 Å². The highest BCUT2D eigenvalue weighted by molar-refractivity contribution is 5.85. The molecule has 0 bridgehead atoms. The van der Waals surface area contributed by atoms with E-state index in [2.05, 4.69) is 0 Å². The Morgan fingerprint density at radius 2 is 2.20 bits per heavy atom. The fourth-order valence-electron chi connectivity index (χ4n) is 2.62. The molecule has 1 fully saturated rings. The maximum Gasteiger partial charge on any atom is 0.225 e. The summed E-state index contributed by atoms with van der Waals surface area (Å²) in [6.45, 7) is 4.02. The summed E-state index contributed by atoms with van der Waals surface area (Å²) in [6.07, 6.45) is 1.43. The number of rotatable bonds is 4. The highest BCUT2D eigenvalue weighted by Crippen LogP contribution is 2.20. The van der Waals surface area contributed by atoms with Crippen molar-refractivity contribution in [2.75, 3.05) is 19.6 Å². The summed E-state index contributed by atoms with van der Waals surface area (Å²) in [5.74, 6) is 0.112. The van der Waals surface area contributed by atoms with Crippen LogP contribution in [0, 0.1) is 17.7 Å². The van der Waals surface area contributed by atoms with Gasteiger partial charge in [0.2, 0.25) is 5.91 Å². The maximum atomic E-state index is 13.6. The minimum atomic E-state index is -0.233. The zero-order valence-electron chi connectivity index (χ0n) is 11.7. The molecule has 2 unspecified atom stereocenters. The summed E-state index contributed by atoms with van der Waals surface area (Å²) in [7, 11) is 0. The Morgan fingerprint density at radius 3 is 2.80 bits per heavy atom. The van der Waals surface area contributed by atoms with E-state index in [1.807, 2.05) is 11.8 Å². The molecular formula is C15H22ClFN2O. The number of carbonyl (C=O) groups is 1. The number of nitrogens with two attached hydrogens (primary N) is 1. The summed E-state index contributed by atoms with van der Waals surface area (Å²) in [6, 6.07) is 6.65. The molecular weight excluding hydrogens is 279 g/mol. The van der Waals surface area contributed by atoms with Gasteiger partial charge in [-0.2, -0.15) is 0 Å². The predicted molar refractivity (Wildman–Crippen MR) is 80.3 cm³/mol. The average molecular weight is 301 g/mol. The van der Waals surface area contributed by atoms with Gasteiger partial charge in [-0.05, 0) is 36.9 Å². The topological polar surface area (TPSA) is 46.3 Å². The average Bonchev–Trinajstić information content (AvgIpc) is 2.89. The minimum Gasteiger partial charge on any atom is -0.342 e. The zero-order valence-corrected chi connectivity index (χ0v) is 12.5. The van der Waals surface area contributed by atoms with Crippen LogP contribution in [-0.2, 0) is 11.2 Å². The normalized spacial score (nSPS) is 19.6. The number of halogens is 2. The van der Waals surface area contributed by atoms with Crippen LogP contribution in [0.4, 0.5) is 4.39 Å². The van der Waals surface area contributed by atoms with E-state index in [0.29, 0.717) is 24.4 Å².